The molecule has 0 aromatic carbocycles. The van der Waals surface area contributed by atoms with E-state index in [9.17, 15) is 9.90 Å². The SMILES string of the molecule is CC(C)Oc1cc(CCCCC(F)[C@@H]2CCN([C@H](C(=O)O)c3cccnc3C3CC3)C2)nc2c1CCCN2. The van der Waals surface area contributed by atoms with Gasteiger partial charge in [0.25, 0.3) is 0 Å². The first-order chi connectivity index (χ1) is 18.4. The van der Waals surface area contributed by atoms with Gasteiger partial charge in [-0.05, 0) is 77.8 Å². The Hall–Kier alpha value is -2.74. The molecule has 0 spiro atoms. The van der Waals surface area contributed by atoms with E-state index in [2.05, 4.69) is 16.4 Å². The molecule has 0 bridgehead atoms. The number of hydrogen-bond donors (Lipinski definition) is 2. The number of pyridine rings is 2. The number of aryl methyl sites for hydroxylation is 1. The molecule has 2 N–H and O–H groups in total. The van der Waals surface area contributed by atoms with Crippen molar-refractivity contribution in [3.05, 3.63) is 46.9 Å². The largest absolute Gasteiger partial charge is 0.491 e. The first-order valence-electron chi connectivity index (χ1n) is 14.4. The summed E-state index contributed by atoms with van der Waals surface area (Å²) >= 11 is 0. The van der Waals surface area contributed by atoms with E-state index in [1.165, 1.54) is 5.56 Å². The molecule has 3 atom stereocenters. The summed E-state index contributed by atoms with van der Waals surface area (Å²) in [5.41, 5.74) is 3.85. The Morgan fingerprint density at radius 1 is 1.29 bits per heavy atom. The monoisotopic (exact) mass is 524 g/mol. The van der Waals surface area contributed by atoms with Gasteiger partial charge in [0.15, 0.2) is 0 Å². The van der Waals surface area contributed by atoms with Crippen LogP contribution in [0.5, 0.6) is 5.75 Å². The molecular formula is C30H41FN4O3. The lowest BCUT2D eigenvalue weighted by atomic mass is 9.97. The van der Waals surface area contributed by atoms with Crippen LogP contribution in [0, 0.1) is 5.92 Å². The molecule has 1 saturated heterocycles. The van der Waals surface area contributed by atoms with Crippen LogP contribution in [0.25, 0.3) is 0 Å². The number of nitrogens with one attached hydrogen (secondary N) is 1. The third-order valence-electron chi connectivity index (χ3n) is 8.05. The number of unbranched alkanes of at least 4 members (excludes halogenated alkanes) is 1. The lowest BCUT2D eigenvalue weighted by Crippen LogP contribution is -2.34. The van der Waals surface area contributed by atoms with E-state index in [0.29, 0.717) is 31.8 Å². The highest BCUT2D eigenvalue weighted by Crippen LogP contribution is 2.43. The molecule has 4 heterocycles. The lowest BCUT2D eigenvalue weighted by molar-refractivity contribution is -0.143. The van der Waals surface area contributed by atoms with Gasteiger partial charge in [0.1, 0.15) is 23.8 Å². The van der Waals surface area contributed by atoms with Crippen molar-refractivity contribution in [2.24, 2.45) is 5.92 Å². The van der Waals surface area contributed by atoms with Crippen LogP contribution < -0.4 is 10.1 Å². The van der Waals surface area contributed by atoms with E-state index >= 15 is 4.39 Å². The van der Waals surface area contributed by atoms with Gasteiger partial charge in [-0.25, -0.2) is 9.37 Å². The third-order valence-corrected chi connectivity index (χ3v) is 8.05. The number of halogens is 1. The van der Waals surface area contributed by atoms with Gasteiger partial charge in [0.2, 0.25) is 0 Å². The molecule has 5 rings (SSSR count). The number of hydrogen-bond acceptors (Lipinski definition) is 6. The molecule has 0 amide bonds. The molecule has 38 heavy (non-hydrogen) atoms. The van der Waals surface area contributed by atoms with Crippen molar-refractivity contribution in [3.8, 4) is 5.75 Å². The molecule has 8 heteroatoms. The van der Waals surface area contributed by atoms with Crippen LogP contribution in [0.2, 0.25) is 0 Å². The topological polar surface area (TPSA) is 87.6 Å². The number of alkyl halides is 1. The quantitative estimate of drug-likeness (QED) is 0.345. The summed E-state index contributed by atoms with van der Waals surface area (Å²) < 4.78 is 21.4. The van der Waals surface area contributed by atoms with Crippen LogP contribution in [0.4, 0.5) is 10.2 Å². The highest BCUT2D eigenvalue weighted by molar-refractivity contribution is 5.76. The van der Waals surface area contributed by atoms with Crippen molar-refractivity contribution in [2.75, 3.05) is 25.0 Å². The van der Waals surface area contributed by atoms with Crippen LogP contribution in [0.15, 0.2) is 24.4 Å². The maximum atomic E-state index is 15.3. The molecule has 3 aliphatic rings. The maximum Gasteiger partial charge on any atom is 0.325 e. The number of carboxylic acids is 1. The summed E-state index contributed by atoms with van der Waals surface area (Å²) in [5, 5.41) is 13.5. The van der Waals surface area contributed by atoms with Gasteiger partial charge in [-0.2, -0.15) is 0 Å². The van der Waals surface area contributed by atoms with Crippen molar-refractivity contribution < 1.29 is 19.0 Å². The first-order valence-corrected chi connectivity index (χ1v) is 14.4. The molecule has 2 fully saturated rings. The second kappa shape index (κ2) is 12.0. The van der Waals surface area contributed by atoms with Gasteiger partial charge in [-0.3, -0.25) is 14.7 Å². The summed E-state index contributed by atoms with van der Waals surface area (Å²) in [7, 11) is 0. The Morgan fingerprint density at radius 3 is 2.89 bits per heavy atom. The molecule has 1 aliphatic carbocycles. The maximum absolute atomic E-state index is 15.3. The Balaban J connectivity index is 1.14. The zero-order valence-corrected chi connectivity index (χ0v) is 22.7. The van der Waals surface area contributed by atoms with Crippen molar-refractivity contribution in [3.63, 3.8) is 0 Å². The Morgan fingerprint density at radius 2 is 2.13 bits per heavy atom. The standard InChI is InChI=1S/C30H41FN4O3/c1-19(2)38-26-17-22(34-29-23(26)8-5-15-33-29)7-3-4-10-25(31)21-13-16-35(18-21)28(30(36)37)24-9-6-14-32-27(24)20-11-12-20/h6,9,14,17,19-21,25,28H,3-5,7-8,10-13,15-16,18H2,1-2H3,(H,33,34)(H,36,37)/t21-,25?,28+/m1/s1. The number of aliphatic carboxylic acids is 1. The normalized spacial score (nSPS) is 21.1. The number of ether oxygens (including phenoxy) is 1. The van der Waals surface area contributed by atoms with Crippen LogP contribution in [-0.4, -0.2) is 57.9 Å². The number of rotatable bonds is 12. The number of carboxylic acid groups (broad SMARTS) is 1. The zero-order valence-electron chi connectivity index (χ0n) is 22.7. The Labute approximate surface area is 225 Å². The van der Waals surface area contributed by atoms with Crippen LogP contribution >= 0.6 is 0 Å². The van der Waals surface area contributed by atoms with E-state index < -0.39 is 18.2 Å². The molecule has 7 nitrogen and oxygen atoms in total. The second-order valence-electron chi connectivity index (χ2n) is 11.4. The smallest absolute Gasteiger partial charge is 0.325 e. The van der Waals surface area contributed by atoms with E-state index in [1.54, 1.807) is 6.20 Å². The lowest BCUT2D eigenvalue weighted by Gasteiger charge is -2.26. The van der Waals surface area contributed by atoms with E-state index in [-0.39, 0.29) is 12.0 Å². The van der Waals surface area contributed by atoms with Gasteiger partial charge >= 0.3 is 5.97 Å². The van der Waals surface area contributed by atoms with Gasteiger partial charge in [0.05, 0.1) is 6.10 Å². The van der Waals surface area contributed by atoms with Crippen molar-refractivity contribution in [1.82, 2.24) is 14.9 Å². The van der Waals surface area contributed by atoms with Gasteiger partial charge in [0, 0.05) is 59.7 Å². The average molecular weight is 525 g/mol. The van der Waals surface area contributed by atoms with E-state index in [4.69, 9.17) is 9.72 Å². The zero-order chi connectivity index (χ0) is 26.6. The highest BCUT2D eigenvalue weighted by Gasteiger charge is 2.39. The summed E-state index contributed by atoms with van der Waals surface area (Å²) in [6, 6.07) is 5.02. The Bertz CT molecular complexity index is 1120. The van der Waals surface area contributed by atoms with Gasteiger partial charge in [-0.15, -0.1) is 0 Å². The fourth-order valence-corrected chi connectivity index (χ4v) is 6.02. The molecule has 1 unspecified atom stereocenters. The number of carbonyl (C=O) groups is 1. The van der Waals surface area contributed by atoms with Crippen LogP contribution in [0.1, 0.15) is 93.3 Å². The highest BCUT2D eigenvalue weighted by atomic mass is 19.1. The van der Waals surface area contributed by atoms with Gasteiger partial charge in [-0.1, -0.05) is 12.5 Å². The minimum Gasteiger partial charge on any atom is -0.491 e. The predicted octanol–water partition coefficient (Wildman–Crippen LogP) is 5.70. The number of aromatic nitrogens is 2. The van der Waals surface area contributed by atoms with Crippen LogP contribution in [-0.2, 0) is 17.6 Å². The number of fused-ring (bicyclic) bond motifs is 1. The third kappa shape index (κ3) is 6.28. The Kier molecular flexibility index (Phi) is 8.46. The summed E-state index contributed by atoms with van der Waals surface area (Å²) in [6.45, 7) is 6.08. The van der Waals surface area contributed by atoms with Gasteiger partial charge < -0.3 is 15.2 Å². The summed E-state index contributed by atoms with van der Waals surface area (Å²) in [4.78, 5) is 23.6. The molecule has 0 radical (unpaired) electrons. The first kappa shape index (κ1) is 26.9. The number of anilines is 1. The second-order valence-corrected chi connectivity index (χ2v) is 11.4. The minimum absolute atomic E-state index is 0.105. The predicted molar refractivity (Wildman–Crippen MR) is 146 cm³/mol. The fraction of sp³-hybridized carbons (Fsp3) is 0.633. The fourth-order valence-electron chi connectivity index (χ4n) is 6.02. The molecule has 1 saturated carbocycles. The van der Waals surface area contributed by atoms with E-state index in [0.717, 1.165) is 80.0 Å². The number of nitrogens with zero attached hydrogens (tertiary/aromatic N) is 3. The van der Waals surface area contributed by atoms with Crippen molar-refractivity contribution in [1.29, 1.82) is 0 Å². The average Bonchev–Trinajstić information content (AvgIpc) is 3.63. The summed E-state index contributed by atoms with van der Waals surface area (Å²) in [6.07, 6.45) is 8.73. The minimum atomic E-state index is -0.927. The molecule has 2 aliphatic heterocycles. The molecular weight excluding hydrogens is 483 g/mol. The van der Waals surface area contributed by atoms with Crippen LogP contribution in [0.3, 0.4) is 0 Å². The van der Waals surface area contributed by atoms with E-state index in [1.807, 2.05) is 30.9 Å². The summed E-state index contributed by atoms with van der Waals surface area (Å²) in [5.74, 6) is 1.23. The van der Waals surface area contributed by atoms with Crippen molar-refractivity contribution in [2.45, 2.75) is 95.9 Å². The molecule has 2 aromatic heterocycles. The molecule has 206 valence electrons. The molecule has 2 aromatic rings. The van der Waals surface area contributed by atoms with Crippen molar-refractivity contribution >= 4 is 11.8 Å². The number of likely N-dealkylation sites (tertiary alicyclic amines) is 1.